The summed E-state index contributed by atoms with van der Waals surface area (Å²) in [6.07, 6.45) is 1.77. The number of hydrogen-bond acceptors (Lipinski definition) is 2. The molecule has 3 N–H and O–H groups in total. The van der Waals surface area contributed by atoms with Crippen LogP contribution in [0.15, 0.2) is 30.9 Å². The summed E-state index contributed by atoms with van der Waals surface area (Å²) in [5, 5.41) is 9.53. The van der Waals surface area contributed by atoms with E-state index in [2.05, 4.69) is 6.58 Å². The second-order valence-electron chi connectivity index (χ2n) is 2.81. The van der Waals surface area contributed by atoms with Gasteiger partial charge in [-0.15, -0.1) is 6.58 Å². The summed E-state index contributed by atoms with van der Waals surface area (Å²) >= 11 is 0. The third-order valence-corrected chi connectivity index (χ3v) is 1.94. The minimum atomic E-state index is 0.133. The van der Waals surface area contributed by atoms with Crippen molar-refractivity contribution in [1.29, 1.82) is 0 Å². The molecule has 1 aromatic rings. The number of nitrogens with two attached hydrogens (primary N) is 1. The van der Waals surface area contributed by atoms with E-state index in [1.54, 1.807) is 12.1 Å². The predicted molar refractivity (Wildman–Crippen MR) is 51.1 cm³/mol. The maximum atomic E-state index is 9.53. The topological polar surface area (TPSA) is 46.2 Å². The van der Waals surface area contributed by atoms with Gasteiger partial charge < -0.3 is 10.8 Å². The van der Waals surface area contributed by atoms with Crippen molar-refractivity contribution in [1.82, 2.24) is 0 Å². The van der Waals surface area contributed by atoms with Crippen molar-refractivity contribution in [2.45, 2.75) is 12.8 Å². The van der Waals surface area contributed by atoms with E-state index in [1.165, 1.54) is 0 Å². The number of nitrogen functional groups attached to an aromatic ring is 1. The Bertz CT molecular complexity index is 294. The minimum Gasteiger partial charge on any atom is -0.505 e. The Kier molecular flexibility index (Phi) is 2.38. The number of rotatable bonds is 2. The maximum Gasteiger partial charge on any atom is 0.142 e. The quantitative estimate of drug-likeness (QED) is 0.399. The largest absolute Gasteiger partial charge is 0.505 e. The third-order valence-electron chi connectivity index (χ3n) is 1.94. The zero-order chi connectivity index (χ0) is 9.14. The highest BCUT2D eigenvalue weighted by Crippen LogP contribution is 2.30. The summed E-state index contributed by atoms with van der Waals surface area (Å²) < 4.78 is 0. The molecule has 2 nitrogen and oxygen atoms in total. The number of benzene rings is 1. The van der Waals surface area contributed by atoms with E-state index >= 15 is 0 Å². The van der Waals surface area contributed by atoms with Crippen molar-refractivity contribution in [3.05, 3.63) is 36.4 Å². The predicted octanol–water partition coefficient (Wildman–Crippen LogP) is 2.26. The fourth-order valence-corrected chi connectivity index (χ4v) is 1.07. The normalized spacial score (nSPS) is 12.4. The van der Waals surface area contributed by atoms with Gasteiger partial charge in [0.1, 0.15) is 5.75 Å². The lowest BCUT2D eigenvalue weighted by Gasteiger charge is -2.09. The number of hydrogen-bond donors (Lipinski definition) is 2. The molecule has 0 aliphatic heterocycles. The van der Waals surface area contributed by atoms with Crippen molar-refractivity contribution < 1.29 is 5.11 Å². The molecule has 0 aliphatic carbocycles. The Morgan fingerprint density at radius 2 is 2.25 bits per heavy atom. The molecular weight excluding hydrogens is 150 g/mol. The average Bonchev–Trinajstić information content (AvgIpc) is 2.08. The van der Waals surface area contributed by atoms with Gasteiger partial charge in [-0.1, -0.05) is 25.1 Å². The zero-order valence-corrected chi connectivity index (χ0v) is 7.12. The number of anilines is 1. The fourth-order valence-electron chi connectivity index (χ4n) is 1.07. The highest BCUT2D eigenvalue weighted by Gasteiger charge is 2.08. The Labute approximate surface area is 72.3 Å². The number of aromatic hydroxyl groups is 1. The van der Waals surface area contributed by atoms with Crippen LogP contribution in [0.4, 0.5) is 5.69 Å². The molecule has 0 radical (unpaired) electrons. The second-order valence-corrected chi connectivity index (χ2v) is 2.81. The molecule has 0 saturated carbocycles. The van der Waals surface area contributed by atoms with E-state index in [9.17, 15) is 5.11 Å². The Morgan fingerprint density at radius 1 is 1.58 bits per heavy atom. The number of para-hydroxylation sites is 1. The van der Waals surface area contributed by atoms with Crippen LogP contribution < -0.4 is 5.73 Å². The molecule has 0 heterocycles. The van der Waals surface area contributed by atoms with E-state index in [0.717, 1.165) is 5.56 Å². The summed E-state index contributed by atoms with van der Waals surface area (Å²) in [7, 11) is 0. The van der Waals surface area contributed by atoms with Crippen LogP contribution in [0.25, 0.3) is 0 Å². The summed E-state index contributed by atoms with van der Waals surface area (Å²) in [5.74, 6) is 0.304. The van der Waals surface area contributed by atoms with E-state index in [1.807, 2.05) is 19.1 Å². The van der Waals surface area contributed by atoms with Crippen molar-refractivity contribution in [3.63, 3.8) is 0 Å². The molecule has 0 fully saturated rings. The van der Waals surface area contributed by atoms with Crippen LogP contribution in [0.5, 0.6) is 5.75 Å². The maximum absolute atomic E-state index is 9.53. The molecule has 0 amide bonds. The van der Waals surface area contributed by atoms with Gasteiger partial charge in [-0.25, -0.2) is 0 Å². The van der Waals surface area contributed by atoms with Gasteiger partial charge in [0.2, 0.25) is 0 Å². The highest BCUT2D eigenvalue weighted by atomic mass is 16.3. The van der Waals surface area contributed by atoms with Gasteiger partial charge in [0.05, 0.1) is 5.69 Å². The lowest BCUT2D eigenvalue weighted by molar-refractivity contribution is 0.469. The average molecular weight is 163 g/mol. The van der Waals surface area contributed by atoms with Crippen molar-refractivity contribution >= 4 is 5.69 Å². The lowest BCUT2D eigenvalue weighted by Crippen LogP contribution is -1.93. The molecular formula is C10H13NO. The molecule has 64 valence electrons. The summed E-state index contributed by atoms with van der Waals surface area (Å²) in [6.45, 7) is 5.62. The lowest BCUT2D eigenvalue weighted by atomic mass is 10.00. The van der Waals surface area contributed by atoms with Crippen molar-refractivity contribution in [2.75, 3.05) is 5.73 Å². The van der Waals surface area contributed by atoms with E-state index < -0.39 is 0 Å². The molecule has 0 bridgehead atoms. The van der Waals surface area contributed by atoms with Gasteiger partial charge in [0.25, 0.3) is 0 Å². The molecule has 0 spiro atoms. The number of allylic oxidation sites excluding steroid dienone is 1. The van der Waals surface area contributed by atoms with Gasteiger partial charge in [-0.2, -0.15) is 0 Å². The standard InChI is InChI=1S/C10H13NO/c1-3-7(2)8-5-4-6-9(11)10(8)12/h3-7,12H,1,11H2,2H3/t7-/m0/s1. The molecule has 1 atom stereocenters. The van der Waals surface area contributed by atoms with Gasteiger partial charge in [0.15, 0.2) is 0 Å². The van der Waals surface area contributed by atoms with Gasteiger partial charge in [-0.05, 0) is 6.07 Å². The Balaban J connectivity index is 3.15. The molecule has 0 unspecified atom stereocenters. The van der Waals surface area contributed by atoms with Gasteiger partial charge in [0, 0.05) is 11.5 Å². The van der Waals surface area contributed by atoms with Crippen LogP contribution in [-0.4, -0.2) is 5.11 Å². The molecule has 0 saturated heterocycles. The highest BCUT2D eigenvalue weighted by molar-refractivity contribution is 5.57. The monoisotopic (exact) mass is 163 g/mol. The molecule has 0 aromatic heterocycles. The summed E-state index contributed by atoms with van der Waals surface area (Å²) in [4.78, 5) is 0. The molecule has 0 aliphatic rings. The van der Waals surface area contributed by atoms with Crippen LogP contribution in [0, 0.1) is 0 Å². The molecule has 1 aromatic carbocycles. The first-order chi connectivity index (χ1) is 5.66. The summed E-state index contributed by atoms with van der Waals surface area (Å²) in [6, 6.07) is 5.34. The van der Waals surface area contributed by atoms with Crippen LogP contribution in [0.3, 0.4) is 0 Å². The SMILES string of the molecule is C=C[C@H](C)c1cccc(N)c1O. The van der Waals surface area contributed by atoms with Crippen molar-refractivity contribution in [2.24, 2.45) is 0 Å². The Hall–Kier alpha value is -1.44. The number of phenols is 1. The van der Waals surface area contributed by atoms with Crippen LogP contribution >= 0.6 is 0 Å². The van der Waals surface area contributed by atoms with E-state index in [0.29, 0.717) is 5.69 Å². The minimum absolute atomic E-state index is 0.133. The first kappa shape index (κ1) is 8.65. The zero-order valence-electron chi connectivity index (χ0n) is 7.12. The fraction of sp³-hybridized carbons (Fsp3) is 0.200. The van der Waals surface area contributed by atoms with Crippen molar-refractivity contribution in [3.8, 4) is 5.75 Å². The second kappa shape index (κ2) is 3.30. The first-order valence-electron chi connectivity index (χ1n) is 3.86. The van der Waals surface area contributed by atoms with E-state index in [-0.39, 0.29) is 11.7 Å². The summed E-state index contributed by atoms with van der Waals surface area (Å²) in [5.41, 5.74) is 6.77. The van der Waals surface area contributed by atoms with Crippen LogP contribution in [0.1, 0.15) is 18.4 Å². The van der Waals surface area contributed by atoms with Crippen LogP contribution in [-0.2, 0) is 0 Å². The molecule has 12 heavy (non-hydrogen) atoms. The molecule has 1 rings (SSSR count). The van der Waals surface area contributed by atoms with E-state index in [4.69, 9.17) is 5.73 Å². The Morgan fingerprint density at radius 3 is 2.83 bits per heavy atom. The smallest absolute Gasteiger partial charge is 0.142 e. The first-order valence-corrected chi connectivity index (χ1v) is 3.86. The third kappa shape index (κ3) is 1.42. The van der Waals surface area contributed by atoms with Gasteiger partial charge >= 0.3 is 0 Å². The number of phenolic OH excluding ortho intramolecular Hbond substituents is 1. The molecule has 2 heteroatoms. The van der Waals surface area contributed by atoms with Gasteiger partial charge in [-0.3, -0.25) is 0 Å². The van der Waals surface area contributed by atoms with Crippen LogP contribution in [0.2, 0.25) is 0 Å².